The van der Waals surface area contributed by atoms with E-state index in [1.807, 2.05) is 26.8 Å². The summed E-state index contributed by atoms with van der Waals surface area (Å²) in [5.41, 5.74) is -1.48. The van der Waals surface area contributed by atoms with Gasteiger partial charge in [-0.1, -0.05) is 31.6 Å². The number of hydrogen-bond acceptors (Lipinski definition) is 5. The number of aliphatic hydroxyl groups is 1. The van der Waals surface area contributed by atoms with Crippen LogP contribution in [0, 0.1) is 28.6 Å². The Labute approximate surface area is 176 Å². The summed E-state index contributed by atoms with van der Waals surface area (Å²) in [5, 5.41) is 11.6. The van der Waals surface area contributed by atoms with Crippen LogP contribution >= 0.6 is 0 Å². The van der Waals surface area contributed by atoms with Crippen LogP contribution < -0.4 is 0 Å². The molecule has 7 atom stereocenters. The zero-order valence-electron chi connectivity index (χ0n) is 17.9. The zero-order chi connectivity index (χ0) is 22.1. The van der Waals surface area contributed by atoms with Gasteiger partial charge < -0.3 is 9.84 Å². The van der Waals surface area contributed by atoms with E-state index in [0.717, 1.165) is 5.57 Å². The summed E-state index contributed by atoms with van der Waals surface area (Å²) >= 11 is 0. The fraction of sp³-hybridized carbons (Fsp3) is 0.625. The molecule has 4 rings (SSSR count). The summed E-state index contributed by atoms with van der Waals surface area (Å²) in [6.45, 7) is 6.47. The van der Waals surface area contributed by atoms with Crippen LogP contribution in [-0.2, 0) is 19.1 Å². The average molecular weight is 416 g/mol. The topological polar surface area (TPSA) is 80.7 Å². The van der Waals surface area contributed by atoms with Crippen LogP contribution in [0.15, 0.2) is 35.5 Å². The number of hydrogen-bond donors (Lipinski definition) is 1. The number of allylic oxidation sites excluding steroid dienone is 6. The molecule has 162 valence electrons. The molecule has 0 bridgehead atoms. The Morgan fingerprint density at radius 1 is 1.27 bits per heavy atom. The van der Waals surface area contributed by atoms with Crippen LogP contribution in [-0.4, -0.2) is 41.0 Å². The monoisotopic (exact) mass is 416 g/mol. The minimum atomic E-state index is -1.64. The first-order valence-electron chi connectivity index (χ1n) is 10.6. The van der Waals surface area contributed by atoms with Gasteiger partial charge in [-0.3, -0.25) is 14.4 Å². The van der Waals surface area contributed by atoms with Gasteiger partial charge in [0, 0.05) is 17.8 Å². The largest absolute Gasteiger partial charge is 0.458 e. The van der Waals surface area contributed by atoms with Gasteiger partial charge in [0.2, 0.25) is 5.78 Å². The molecule has 3 unspecified atom stereocenters. The van der Waals surface area contributed by atoms with Gasteiger partial charge in [0.15, 0.2) is 12.4 Å². The lowest BCUT2D eigenvalue weighted by Gasteiger charge is -2.54. The molecule has 0 saturated heterocycles. The summed E-state index contributed by atoms with van der Waals surface area (Å²) in [6, 6.07) is 0. The molecule has 2 fully saturated rings. The normalized spacial score (nSPS) is 44.4. The van der Waals surface area contributed by atoms with Crippen molar-refractivity contribution in [2.45, 2.75) is 58.7 Å². The third-order valence-electron chi connectivity index (χ3n) is 8.35. The number of ketones is 2. The molecule has 0 aromatic rings. The van der Waals surface area contributed by atoms with Gasteiger partial charge in [-0.2, -0.15) is 0 Å². The lowest BCUT2D eigenvalue weighted by Crippen LogP contribution is -2.58. The predicted octanol–water partition coefficient (Wildman–Crippen LogP) is 3.27. The fourth-order valence-corrected chi connectivity index (χ4v) is 6.75. The molecule has 0 spiro atoms. The van der Waals surface area contributed by atoms with Crippen LogP contribution in [0.2, 0.25) is 0 Å². The van der Waals surface area contributed by atoms with Crippen LogP contribution in [0.3, 0.4) is 0 Å². The number of carbonyl (C=O) groups is 3. The van der Waals surface area contributed by atoms with Gasteiger partial charge in [-0.15, -0.1) is 0 Å². The first kappa shape index (κ1) is 21.2. The van der Waals surface area contributed by atoms with Gasteiger partial charge in [0.05, 0.1) is 0 Å². The molecule has 1 N–H and O–H groups in total. The SMILES string of the molecule is CC(=O)OCC(=O)[C@@]1(O)[C@H](C)CC2C3CC(F)C4=CC(=O)C=C[C@]4(C)C3=CC[C@@]21C. The number of alkyl halides is 1. The van der Waals surface area contributed by atoms with E-state index in [4.69, 9.17) is 4.74 Å². The summed E-state index contributed by atoms with van der Waals surface area (Å²) in [6.07, 6.45) is 6.83. The highest BCUT2D eigenvalue weighted by molar-refractivity contribution is 6.01. The molecular formula is C24H29FO5. The number of fused-ring (bicyclic) bond motifs is 5. The van der Waals surface area contributed by atoms with E-state index in [-0.39, 0.29) is 30.0 Å². The number of esters is 1. The Bertz CT molecular complexity index is 917. The number of halogens is 1. The molecule has 0 aromatic heterocycles. The lowest BCUT2D eigenvalue weighted by molar-refractivity contribution is -0.167. The minimum Gasteiger partial charge on any atom is -0.458 e. The average Bonchev–Trinajstić information content (AvgIpc) is 2.89. The molecule has 30 heavy (non-hydrogen) atoms. The maximum Gasteiger partial charge on any atom is 0.303 e. The Balaban J connectivity index is 1.74. The molecule has 4 aliphatic carbocycles. The quantitative estimate of drug-likeness (QED) is 0.564. The molecule has 0 aliphatic heterocycles. The van der Waals surface area contributed by atoms with Crippen molar-refractivity contribution in [3.8, 4) is 0 Å². The standard InChI is InChI=1S/C24H29FO5/c1-13-9-18-16-11-20(25)19-10-15(27)5-7-22(19,3)17(16)6-8-23(18,4)24(13,29)21(28)12-30-14(2)26/h5-7,10,13,16,18,20,29H,8-9,11-12H2,1-4H3/t13-,16?,18?,20?,22-,23+,24+/m1/s1. The zero-order valence-corrected chi connectivity index (χ0v) is 17.9. The van der Waals surface area contributed by atoms with Crippen molar-refractivity contribution in [1.29, 1.82) is 0 Å². The Hall–Kier alpha value is -2.08. The van der Waals surface area contributed by atoms with Crippen LogP contribution in [0.5, 0.6) is 0 Å². The van der Waals surface area contributed by atoms with Gasteiger partial charge in [0.25, 0.3) is 0 Å². The van der Waals surface area contributed by atoms with Gasteiger partial charge in [-0.05, 0) is 61.7 Å². The van der Waals surface area contributed by atoms with E-state index in [0.29, 0.717) is 18.4 Å². The first-order valence-corrected chi connectivity index (χ1v) is 10.6. The number of carbonyl (C=O) groups excluding carboxylic acids is 3. The summed E-state index contributed by atoms with van der Waals surface area (Å²) in [7, 11) is 0. The Kier molecular flexibility index (Phi) is 4.73. The third-order valence-corrected chi connectivity index (χ3v) is 8.35. The second kappa shape index (κ2) is 6.71. The van der Waals surface area contributed by atoms with Gasteiger partial charge in [-0.25, -0.2) is 4.39 Å². The molecule has 0 aromatic carbocycles. The van der Waals surface area contributed by atoms with Crippen molar-refractivity contribution in [1.82, 2.24) is 0 Å². The van der Waals surface area contributed by atoms with Crippen molar-refractivity contribution >= 4 is 17.5 Å². The number of ether oxygens (including phenoxy) is 1. The van der Waals surface area contributed by atoms with E-state index in [1.54, 1.807) is 6.08 Å². The van der Waals surface area contributed by atoms with Gasteiger partial charge in [0.1, 0.15) is 11.8 Å². The lowest BCUT2D eigenvalue weighted by atomic mass is 9.51. The van der Waals surface area contributed by atoms with Crippen molar-refractivity contribution in [3.63, 3.8) is 0 Å². The second-order valence-electron chi connectivity index (χ2n) is 9.84. The van der Waals surface area contributed by atoms with Crippen LogP contribution in [0.4, 0.5) is 4.39 Å². The van der Waals surface area contributed by atoms with E-state index < -0.39 is 41.0 Å². The van der Waals surface area contributed by atoms with Crippen molar-refractivity contribution in [2.75, 3.05) is 6.61 Å². The molecule has 0 heterocycles. The molecule has 2 saturated carbocycles. The first-order chi connectivity index (χ1) is 13.9. The molecular weight excluding hydrogens is 387 g/mol. The Morgan fingerprint density at radius 3 is 2.63 bits per heavy atom. The highest BCUT2D eigenvalue weighted by Crippen LogP contribution is 2.66. The maximum absolute atomic E-state index is 15.3. The minimum absolute atomic E-state index is 0.0820. The predicted molar refractivity (Wildman–Crippen MR) is 108 cm³/mol. The number of rotatable bonds is 3. The summed E-state index contributed by atoms with van der Waals surface area (Å²) < 4.78 is 20.2. The number of Topliss-reactive ketones (excluding diaryl/α,β-unsaturated/α-hetero) is 1. The summed E-state index contributed by atoms with van der Waals surface area (Å²) in [5.74, 6) is -1.80. The molecule has 0 amide bonds. The van der Waals surface area contributed by atoms with Gasteiger partial charge >= 0.3 is 5.97 Å². The highest BCUT2D eigenvalue weighted by Gasteiger charge is 2.67. The van der Waals surface area contributed by atoms with E-state index >= 15 is 4.39 Å². The van der Waals surface area contributed by atoms with Crippen molar-refractivity contribution < 1.29 is 28.6 Å². The maximum atomic E-state index is 15.3. The van der Waals surface area contributed by atoms with E-state index in [2.05, 4.69) is 0 Å². The fourth-order valence-electron chi connectivity index (χ4n) is 6.75. The summed E-state index contributed by atoms with van der Waals surface area (Å²) in [4.78, 5) is 36.1. The second-order valence-corrected chi connectivity index (χ2v) is 9.84. The van der Waals surface area contributed by atoms with Crippen molar-refractivity contribution in [3.05, 3.63) is 35.5 Å². The van der Waals surface area contributed by atoms with Crippen LogP contribution in [0.1, 0.15) is 47.0 Å². The van der Waals surface area contributed by atoms with Crippen molar-refractivity contribution in [2.24, 2.45) is 28.6 Å². The highest BCUT2D eigenvalue weighted by atomic mass is 19.1. The molecule has 6 heteroatoms. The smallest absolute Gasteiger partial charge is 0.303 e. The third kappa shape index (κ3) is 2.65. The molecule has 4 aliphatic rings. The molecule has 0 radical (unpaired) electrons. The Morgan fingerprint density at radius 2 is 1.97 bits per heavy atom. The van der Waals surface area contributed by atoms with E-state index in [1.165, 1.54) is 19.1 Å². The molecule has 5 nitrogen and oxygen atoms in total. The van der Waals surface area contributed by atoms with Crippen LogP contribution in [0.25, 0.3) is 0 Å². The van der Waals surface area contributed by atoms with E-state index in [9.17, 15) is 19.5 Å².